The smallest absolute Gasteiger partial charge is 0.128 e. The van der Waals surface area contributed by atoms with Crippen molar-refractivity contribution in [3.05, 3.63) is 50.7 Å². The van der Waals surface area contributed by atoms with E-state index in [2.05, 4.69) is 4.98 Å². The van der Waals surface area contributed by atoms with Crippen LogP contribution in [-0.4, -0.2) is 4.98 Å². The number of hydrogen-bond donors (Lipinski definition) is 0. The first kappa shape index (κ1) is 12.0. The molecule has 0 radical (unpaired) electrons. The molecule has 0 saturated heterocycles. The zero-order valence-electron chi connectivity index (χ0n) is 8.78. The van der Waals surface area contributed by atoms with Crippen molar-refractivity contribution in [2.45, 2.75) is 12.8 Å². The normalized spacial score (nSPS) is 10.2. The highest BCUT2D eigenvalue weighted by Crippen LogP contribution is 2.23. The topological polar surface area (TPSA) is 36.7 Å². The van der Waals surface area contributed by atoms with Crippen LogP contribution in [0.3, 0.4) is 0 Å². The average Bonchev–Trinajstić information content (AvgIpc) is 2.72. The molecule has 0 atom stereocenters. The summed E-state index contributed by atoms with van der Waals surface area (Å²) in [5, 5.41) is 11.5. The first-order valence-electron chi connectivity index (χ1n) is 4.94. The third-order valence-corrected chi connectivity index (χ3v) is 3.50. The van der Waals surface area contributed by atoms with Crippen molar-refractivity contribution in [3.63, 3.8) is 0 Å². The van der Waals surface area contributed by atoms with Crippen LogP contribution in [-0.2, 0) is 12.8 Å². The van der Waals surface area contributed by atoms with E-state index >= 15 is 0 Å². The Morgan fingerprint density at radius 3 is 3.00 bits per heavy atom. The third kappa shape index (κ3) is 2.82. The van der Waals surface area contributed by atoms with Crippen LogP contribution >= 0.6 is 22.9 Å². The molecule has 1 aromatic heterocycles. The van der Waals surface area contributed by atoms with Gasteiger partial charge in [-0.25, -0.2) is 9.37 Å². The Labute approximate surface area is 107 Å². The lowest BCUT2D eigenvalue weighted by atomic mass is 10.1. The molecular formula is C12H8ClFN2S. The number of hydrogen-bond acceptors (Lipinski definition) is 3. The van der Waals surface area contributed by atoms with Gasteiger partial charge >= 0.3 is 0 Å². The SMILES string of the molecule is N#CCc1csc(Cc2c(F)cccc2Cl)n1. The molecule has 0 spiro atoms. The average molecular weight is 267 g/mol. The highest BCUT2D eigenvalue weighted by atomic mass is 35.5. The molecule has 0 aliphatic carbocycles. The summed E-state index contributed by atoms with van der Waals surface area (Å²) < 4.78 is 13.5. The number of nitriles is 1. The summed E-state index contributed by atoms with van der Waals surface area (Å²) in [5.74, 6) is -0.325. The van der Waals surface area contributed by atoms with Crippen LogP contribution in [0.2, 0.25) is 5.02 Å². The van der Waals surface area contributed by atoms with E-state index in [1.807, 2.05) is 11.4 Å². The van der Waals surface area contributed by atoms with Crippen molar-refractivity contribution in [3.8, 4) is 6.07 Å². The van der Waals surface area contributed by atoms with Crippen LogP contribution < -0.4 is 0 Å². The summed E-state index contributed by atoms with van der Waals surface area (Å²) in [5.41, 5.74) is 1.17. The maximum absolute atomic E-state index is 13.5. The van der Waals surface area contributed by atoms with Crippen molar-refractivity contribution < 1.29 is 4.39 Å². The summed E-state index contributed by atoms with van der Waals surface area (Å²) in [6, 6.07) is 6.64. The summed E-state index contributed by atoms with van der Waals surface area (Å²) in [6.07, 6.45) is 0.642. The van der Waals surface area contributed by atoms with E-state index in [-0.39, 0.29) is 12.2 Å². The molecule has 2 nitrogen and oxygen atoms in total. The monoisotopic (exact) mass is 266 g/mol. The molecule has 2 aromatic rings. The van der Waals surface area contributed by atoms with Crippen LogP contribution in [0.4, 0.5) is 4.39 Å². The van der Waals surface area contributed by atoms with E-state index in [1.165, 1.54) is 17.4 Å². The van der Waals surface area contributed by atoms with Crippen LogP contribution in [0.15, 0.2) is 23.6 Å². The number of nitrogens with zero attached hydrogens (tertiary/aromatic N) is 2. The molecule has 5 heteroatoms. The van der Waals surface area contributed by atoms with Gasteiger partial charge in [0.15, 0.2) is 0 Å². The van der Waals surface area contributed by atoms with Crippen molar-refractivity contribution in [2.24, 2.45) is 0 Å². The largest absolute Gasteiger partial charge is 0.245 e. The van der Waals surface area contributed by atoms with Gasteiger partial charge in [-0.2, -0.15) is 5.26 Å². The van der Waals surface area contributed by atoms with Gasteiger partial charge in [0.05, 0.1) is 23.2 Å². The minimum atomic E-state index is -0.325. The predicted molar refractivity (Wildman–Crippen MR) is 65.6 cm³/mol. The quantitative estimate of drug-likeness (QED) is 0.851. The predicted octanol–water partition coefficient (Wildman–Crippen LogP) is 3.59. The highest BCUT2D eigenvalue weighted by Gasteiger charge is 2.10. The van der Waals surface area contributed by atoms with Gasteiger partial charge in [0, 0.05) is 22.4 Å². The van der Waals surface area contributed by atoms with E-state index in [4.69, 9.17) is 16.9 Å². The molecule has 0 unspecified atom stereocenters. The molecule has 1 aromatic carbocycles. The fourth-order valence-corrected chi connectivity index (χ4v) is 2.48. The standard InChI is InChI=1S/C12H8ClFN2S/c13-10-2-1-3-11(14)9(10)6-12-16-8(4-5-15)7-17-12/h1-3,7H,4,6H2. The van der Waals surface area contributed by atoms with Crippen molar-refractivity contribution in [1.82, 2.24) is 4.98 Å². The van der Waals surface area contributed by atoms with Gasteiger partial charge in [-0.1, -0.05) is 17.7 Å². The summed E-state index contributed by atoms with van der Waals surface area (Å²) in [4.78, 5) is 4.25. The second kappa shape index (κ2) is 5.26. The van der Waals surface area contributed by atoms with E-state index in [9.17, 15) is 4.39 Å². The Bertz CT molecular complexity index is 554. The van der Waals surface area contributed by atoms with Crippen LogP contribution in [0.5, 0.6) is 0 Å². The number of halogens is 2. The fraction of sp³-hybridized carbons (Fsp3) is 0.167. The van der Waals surface area contributed by atoms with E-state index in [1.54, 1.807) is 12.1 Å². The summed E-state index contributed by atoms with van der Waals surface area (Å²) in [7, 11) is 0. The number of thiazole rings is 1. The van der Waals surface area contributed by atoms with Gasteiger partial charge in [-0.3, -0.25) is 0 Å². The maximum atomic E-state index is 13.5. The Morgan fingerprint density at radius 2 is 2.29 bits per heavy atom. The Morgan fingerprint density at radius 1 is 1.47 bits per heavy atom. The van der Waals surface area contributed by atoms with Gasteiger partial charge in [0.25, 0.3) is 0 Å². The molecule has 86 valence electrons. The summed E-state index contributed by atoms with van der Waals surface area (Å²) in [6.45, 7) is 0. The lowest BCUT2D eigenvalue weighted by Crippen LogP contribution is -1.94. The van der Waals surface area contributed by atoms with Gasteiger partial charge < -0.3 is 0 Å². The first-order valence-corrected chi connectivity index (χ1v) is 6.19. The van der Waals surface area contributed by atoms with Crippen LogP contribution in [0, 0.1) is 17.1 Å². The second-order valence-electron chi connectivity index (χ2n) is 3.44. The van der Waals surface area contributed by atoms with Gasteiger partial charge in [-0.05, 0) is 12.1 Å². The minimum Gasteiger partial charge on any atom is -0.245 e. The van der Waals surface area contributed by atoms with Crippen LogP contribution in [0.25, 0.3) is 0 Å². The molecule has 2 rings (SSSR count). The van der Waals surface area contributed by atoms with Crippen LogP contribution in [0.1, 0.15) is 16.3 Å². The Balaban J connectivity index is 2.23. The molecule has 0 saturated carbocycles. The molecule has 1 heterocycles. The number of rotatable bonds is 3. The van der Waals surface area contributed by atoms with Gasteiger partial charge in [0.2, 0.25) is 0 Å². The van der Waals surface area contributed by atoms with E-state index in [0.717, 1.165) is 10.7 Å². The van der Waals surface area contributed by atoms with Crippen molar-refractivity contribution in [2.75, 3.05) is 0 Å². The van der Waals surface area contributed by atoms with Gasteiger partial charge in [0.1, 0.15) is 5.82 Å². The van der Waals surface area contributed by atoms with Crippen molar-refractivity contribution >= 4 is 22.9 Å². The minimum absolute atomic E-state index is 0.279. The second-order valence-corrected chi connectivity index (χ2v) is 4.79. The highest BCUT2D eigenvalue weighted by molar-refractivity contribution is 7.09. The third-order valence-electron chi connectivity index (χ3n) is 2.25. The lowest BCUT2D eigenvalue weighted by Gasteiger charge is -2.02. The molecule has 0 N–H and O–H groups in total. The molecule has 0 amide bonds. The summed E-state index contributed by atoms with van der Waals surface area (Å²) >= 11 is 7.35. The number of benzene rings is 1. The lowest BCUT2D eigenvalue weighted by molar-refractivity contribution is 0.614. The number of aromatic nitrogens is 1. The molecule has 0 bridgehead atoms. The van der Waals surface area contributed by atoms with E-state index in [0.29, 0.717) is 17.0 Å². The first-order chi connectivity index (χ1) is 8.20. The van der Waals surface area contributed by atoms with Gasteiger partial charge in [-0.15, -0.1) is 11.3 Å². The molecular weight excluding hydrogens is 259 g/mol. The Kier molecular flexibility index (Phi) is 3.72. The Hall–Kier alpha value is -1.44. The zero-order chi connectivity index (χ0) is 12.3. The van der Waals surface area contributed by atoms with E-state index < -0.39 is 0 Å². The van der Waals surface area contributed by atoms with Crippen molar-refractivity contribution in [1.29, 1.82) is 5.26 Å². The maximum Gasteiger partial charge on any atom is 0.128 e. The fourth-order valence-electron chi connectivity index (χ4n) is 1.44. The molecule has 17 heavy (non-hydrogen) atoms. The molecule has 0 aliphatic rings. The molecule has 0 aliphatic heterocycles. The molecule has 0 fully saturated rings. The zero-order valence-corrected chi connectivity index (χ0v) is 10.4.